The molecule has 0 saturated heterocycles. The van der Waals surface area contributed by atoms with E-state index in [9.17, 15) is 0 Å². The predicted molar refractivity (Wildman–Crippen MR) is 57.3 cm³/mol. The van der Waals surface area contributed by atoms with Crippen LogP contribution in [0.15, 0.2) is 30.3 Å². The summed E-state index contributed by atoms with van der Waals surface area (Å²) >= 11 is 4.66. The van der Waals surface area contributed by atoms with Crippen LogP contribution in [0.2, 0.25) is 0 Å². The summed E-state index contributed by atoms with van der Waals surface area (Å²) in [6, 6.07) is 9.98. The Morgan fingerprint density at radius 3 is 2.42 bits per heavy atom. The zero-order valence-corrected chi connectivity index (χ0v) is 8.12. The van der Waals surface area contributed by atoms with E-state index in [4.69, 9.17) is 5.73 Å². The third-order valence-electron chi connectivity index (χ3n) is 1.31. The van der Waals surface area contributed by atoms with Gasteiger partial charge in [-0.25, -0.2) is 0 Å². The van der Waals surface area contributed by atoms with Gasteiger partial charge in [-0.15, -0.1) is 12.4 Å². The van der Waals surface area contributed by atoms with Crippen molar-refractivity contribution in [2.45, 2.75) is 6.54 Å². The van der Waals surface area contributed by atoms with Gasteiger partial charge in [-0.2, -0.15) is 0 Å². The summed E-state index contributed by atoms with van der Waals surface area (Å²) in [5.41, 5.74) is 6.44. The molecule has 0 aliphatic carbocycles. The highest BCUT2D eigenvalue weighted by Crippen LogP contribution is 1.96. The molecule has 0 heterocycles. The number of rotatable bonds is 2. The smallest absolute Gasteiger partial charge is 0.163 e. The average Bonchev–Trinajstić information content (AvgIpc) is 2.03. The Bertz CT molecular complexity index is 238. The highest BCUT2D eigenvalue weighted by atomic mass is 35.5. The Balaban J connectivity index is 0.00000121. The van der Waals surface area contributed by atoms with Crippen molar-refractivity contribution in [3.63, 3.8) is 0 Å². The molecule has 0 radical (unpaired) electrons. The Kier molecular flexibility index (Phi) is 5.41. The first-order valence-corrected chi connectivity index (χ1v) is 3.77. The minimum absolute atomic E-state index is 0. The molecule has 1 aromatic rings. The van der Waals surface area contributed by atoms with Crippen LogP contribution in [-0.2, 0) is 6.54 Å². The molecule has 3 N–H and O–H groups in total. The topological polar surface area (TPSA) is 38.0 Å². The van der Waals surface area contributed by atoms with E-state index in [-0.39, 0.29) is 12.4 Å². The maximum Gasteiger partial charge on any atom is 0.163 e. The lowest BCUT2D eigenvalue weighted by atomic mass is 10.2. The fourth-order valence-corrected chi connectivity index (χ4v) is 0.857. The van der Waals surface area contributed by atoms with Gasteiger partial charge < -0.3 is 11.1 Å². The molecular weight excluding hydrogens is 192 g/mol. The zero-order valence-electron chi connectivity index (χ0n) is 6.49. The van der Waals surface area contributed by atoms with Crippen molar-refractivity contribution in [3.8, 4) is 0 Å². The third-order valence-corrected chi connectivity index (χ3v) is 1.45. The van der Waals surface area contributed by atoms with Gasteiger partial charge in [0.2, 0.25) is 0 Å². The second-order valence-corrected chi connectivity index (χ2v) is 2.64. The largest absolute Gasteiger partial charge is 0.376 e. The summed E-state index contributed by atoms with van der Waals surface area (Å²) in [7, 11) is 0. The van der Waals surface area contributed by atoms with Gasteiger partial charge in [0.1, 0.15) is 0 Å². The molecule has 4 heteroatoms. The molecule has 0 fully saturated rings. The third kappa shape index (κ3) is 4.16. The van der Waals surface area contributed by atoms with Gasteiger partial charge >= 0.3 is 0 Å². The number of hydrogen-bond donors (Lipinski definition) is 2. The SMILES string of the molecule is Cl.NC(=S)NCc1ccccc1. The molecule has 0 aliphatic rings. The van der Waals surface area contributed by atoms with Crippen LogP contribution in [0.4, 0.5) is 0 Å². The van der Waals surface area contributed by atoms with Crippen LogP contribution in [-0.4, -0.2) is 5.11 Å². The van der Waals surface area contributed by atoms with Crippen LogP contribution < -0.4 is 11.1 Å². The maximum absolute atomic E-state index is 5.26. The van der Waals surface area contributed by atoms with Crippen molar-refractivity contribution in [2.24, 2.45) is 5.73 Å². The summed E-state index contributed by atoms with van der Waals surface area (Å²) in [6.45, 7) is 0.705. The van der Waals surface area contributed by atoms with Gasteiger partial charge in [-0.1, -0.05) is 30.3 Å². The molecule has 12 heavy (non-hydrogen) atoms. The van der Waals surface area contributed by atoms with Gasteiger partial charge in [0.25, 0.3) is 0 Å². The van der Waals surface area contributed by atoms with Crippen LogP contribution in [0.1, 0.15) is 5.56 Å². The summed E-state index contributed by atoms with van der Waals surface area (Å²) in [4.78, 5) is 0. The van der Waals surface area contributed by atoms with E-state index in [1.54, 1.807) is 0 Å². The quantitative estimate of drug-likeness (QED) is 0.713. The number of nitrogens with one attached hydrogen (secondary N) is 1. The van der Waals surface area contributed by atoms with Crippen molar-refractivity contribution in [1.82, 2.24) is 5.32 Å². The number of nitrogens with two attached hydrogens (primary N) is 1. The Morgan fingerprint density at radius 2 is 1.92 bits per heavy atom. The van der Waals surface area contributed by atoms with Crippen molar-refractivity contribution < 1.29 is 0 Å². The van der Waals surface area contributed by atoms with Crippen LogP contribution >= 0.6 is 24.6 Å². The molecule has 0 bridgehead atoms. The van der Waals surface area contributed by atoms with Gasteiger partial charge in [0.05, 0.1) is 0 Å². The predicted octanol–water partition coefficient (Wildman–Crippen LogP) is 1.44. The van der Waals surface area contributed by atoms with Gasteiger partial charge in [0.15, 0.2) is 5.11 Å². The van der Waals surface area contributed by atoms with Crippen LogP contribution in [0, 0.1) is 0 Å². The van der Waals surface area contributed by atoms with Crippen LogP contribution in [0.25, 0.3) is 0 Å². The van der Waals surface area contributed by atoms with Gasteiger partial charge in [0, 0.05) is 6.54 Å². The molecule has 0 aliphatic heterocycles. The summed E-state index contributed by atoms with van der Waals surface area (Å²) < 4.78 is 0. The molecule has 66 valence electrons. The minimum Gasteiger partial charge on any atom is -0.376 e. The molecule has 0 saturated carbocycles. The fourth-order valence-electron chi connectivity index (χ4n) is 0.785. The number of thiocarbonyl (C=S) groups is 1. The molecule has 2 nitrogen and oxygen atoms in total. The number of benzene rings is 1. The monoisotopic (exact) mass is 202 g/mol. The van der Waals surface area contributed by atoms with Crippen molar-refractivity contribution in [2.75, 3.05) is 0 Å². The first-order valence-electron chi connectivity index (χ1n) is 3.36. The first-order chi connectivity index (χ1) is 5.29. The van der Waals surface area contributed by atoms with E-state index >= 15 is 0 Å². The fraction of sp³-hybridized carbons (Fsp3) is 0.125. The van der Waals surface area contributed by atoms with Crippen molar-refractivity contribution in [1.29, 1.82) is 0 Å². The second-order valence-electron chi connectivity index (χ2n) is 2.20. The maximum atomic E-state index is 5.26. The lowest BCUT2D eigenvalue weighted by molar-refractivity contribution is 0.920. The van der Waals surface area contributed by atoms with Crippen molar-refractivity contribution >= 4 is 29.7 Å². The van der Waals surface area contributed by atoms with E-state index < -0.39 is 0 Å². The number of halogens is 1. The lowest BCUT2D eigenvalue weighted by Crippen LogP contribution is -2.28. The molecule has 0 aromatic heterocycles. The molecule has 0 unspecified atom stereocenters. The minimum atomic E-state index is 0. The highest BCUT2D eigenvalue weighted by molar-refractivity contribution is 7.80. The Hall–Kier alpha value is -0.800. The van der Waals surface area contributed by atoms with Gasteiger partial charge in [-0.05, 0) is 17.8 Å². The van der Waals surface area contributed by atoms with E-state index in [2.05, 4.69) is 17.5 Å². The molecule has 1 aromatic carbocycles. The zero-order chi connectivity index (χ0) is 8.10. The molecule has 0 spiro atoms. The summed E-state index contributed by atoms with van der Waals surface area (Å²) in [5, 5.41) is 3.21. The average molecular weight is 203 g/mol. The number of hydrogen-bond acceptors (Lipinski definition) is 1. The molecule has 1 rings (SSSR count). The van der Waals surface area contributed by atoms with E-state index in [0.29, 0.717) is 11.7 Å². The van der Waals surface area contributed by atoms with Crippen LogP contribution in [0.3, 0.4) is 0 Å². The van der Waals surface area contributed by atoms with E-state index in [1.165, 1.54) is 5.56 Å². The molecule has 0 atom stereocenters. The van der Waals surface area contributed by atoms with Crippen LogP contribution in [0.5, 0.6) is 0 Å². The molecule has 0 amide bonds. The second kappa shape index (κ2) is 5.80. The molecular formula is C8H11ClN2S. The highest BCUT2D eigenvalue weighted by Gasteiger charge is 1.89. The van der Waals surface area contributed by atoms with Crippen molar-refractivity contribution in [3.05, 3.63) is 35.9 Å². The Morgan fingerprint density at radius 1 is 1.33 bits per heavy atom. The summed E-state index contributed by atoms with van der Waals surface area (Å²) in [5.74, 6) is 0. The normalized spacial score (nSPS) is 8.33. The standard InChI is InChI=1S/C8H10N2S.ClH/c9-8(11)10-6-7-4-2-1-3-5-7;/h1-5H,6H2,(H3,9,10,11);1H. The first kappa shape index (κ1) is 11.2. The van der Waals surface area contributed by atoms with Gasteiger partial charge in [-0.3, -0.25) is 0 Å². The van der Waals surface area contributed by atoms with E-state index in [0.717, 1.165) is 0 Å². The summed E-state index contributed by atoms with van der Waals surface area (Å²) in [6.07, 6.45) is 0. The Labute approximate surface area is 83.6 Å². The lowest BCUT2D eigenvalue weighted by Gasteiger charge is -2.02. The van der Waals surface area contributed by atoms with E-state index in [1.807, 2.05) is 30.3 Å².